The number of alkyl carbamates (subject to hydrolysis) is 1. The molecule has 2 aliphatic rings. The van der Waals surface area contributed by atoms with E-state index in [-0.39, 0.29) is 11.9 Å². The van der Waals surface area contributed by atoms with Gasteiger partial charge < -0.3 is 19.7 Å². The monoisotopic (exact) mass is 341 g/mol. The van der Waals surface area contributed by atoms with E-state index in [0.717, 1.165) is 39.0 Å². The van der Waals surface area contributed by atoms with Crippen molar-refractivity contribution in [3.05, 3.63) is 0 Å². The van der Waals surface area contributed by atoms with Gasteiger partial charge in [-0.25, -0.2) is 4.79 Å². The van der Waals surface area contributed by atoms with Crippen LogP contribution in [0.25, 0.3) is 0 Å². The average molecular weight is 341 g/mol. The molecular weight excluding hydrogens is 310 g/mol. The Morgan fingerprint density at radius 3 is 2.21 bits per heavy atom. The number of ether oxygens (including phenoxy) is 2. The van der Waals surface area contributed by atoms with E-state index in [4.69, 9.17) is 9.47 Å². The number of nitrogens with zero attached hydrogens (tertiary/aromatic N) is 2. The summed E-state index contributed by atoms with van der Waals surface area (Å²) in [4.78, 5) is 29.2. The maximum absolute atomic E-state index is 12.9. The minimum Gasteiger partial charge on any atom is -0.444 e. The number of amides is 2. The molecule has 0 bridgehead atoms. The Bertz CT molecular complexity index is 438. The molecule has 0 spiro atoms. The Morgan fingerprint density at radius 2 is 1.67 bits per heavy atom. The molecular formula is C17H31N3O4. The van der Waals surface area contributed by atoms with Crippen molar-refractivity contribution in [1.29, 1.82) is 0 Å². The highest BCUT2D eigenvalue weighted by molar-refractivity contribution is 5.86. The summed E-state index contributed by atoms with van der Waals surface area (Å²) >= 11 is 0. The molecule has 0 saturated carbocycles. The molecule has 1 N–H and O–H groups in total. The fourth-order valence-electron chi connectivity index (χ4n) is 3.15. The summed E-state index contributed by atoms with van der Waals surface area (Å²) < 4.78 is 10.7. The largest absolute Gasteiger partial charge is 0.444 e. The molecule has 7 nitrogen and oxygen atoms in total. The molecule has 2 saturated heterocycles. The number of hydrogen-bond donors (Lipinski definition) is 1. The fraction of sp³-hybridized carbons (Fsp3) is 0.882. The summed E-state index contributed by atoms with van der Waals surface area (Å²) in [5.41, 5.74) is -0.590. The van der Waals surface area contributed by atoms with Crippen LogP contribution >= 0.6 is 0 Å². The van der Waals surface area contributed by atoms with Gasteiger partial charge in [0.2, 0.25) is 5.91 Å². The first-order valence-corrected chi connectivity index (χ1v) is 8.88. The van der Waals surface area contributed by atoms with Gasteiger partial charge in [-0.2, -0.15) is 0 Å². The topological polar surface area (TPSA) is 71.1 Å². The number of hydrogen-bond acceptors (Lipinski definition) is 5. The van der Waals surface area contributed by atoms with Gasteiger partial charge in [-0.05, 0) is 40.5 Å². The molecule has 0 radical (unpaired) electrons. The highest BCUT2D eigenvalue weighted by Crippen LogP contribution is 2.15. The molecule has 2 atom stereocenters. The van der Waals surface area contributed by atoms with Crippen LogP contribution in [0.15, 0.2) is 0 Å². The van der Waals surface area contributed by atoms with Crippen LogP contribution < -0.4 is 5.32 Å². The first-order chi connectivity index (χ1) is 11.3. The van der Waals surface area contributed by atoms with Crippen LogP contribution in [0.4, 0.5) is 4.79 Å². The van der Waals surface area contributed by atoms with E-state index in [1.165, 1.54) is 0 Å². The quantitative estimate of drug-likeness (QED) is 0.833. The van der Waals surface area contributed by atoms with Gasteiger partial charge in [0.15, 0.2) is 0 Å². The van der Waals surface area contributed by atoms with E-state index in [1.54, 1.807) is 0 Å². The molecule has 0 aliphatic carbocycles. The van der Waals surface area contributed by atoms with Crippen molar-refractivity contribution < 1.29 is 19.1 Å². The Labute approximate surface area is 144 Å². The third kappa shape index (κ3) is 5.34. The zero-order valence-corrected chi connectivity index (χ0v) is 15.3. The van der Waals surface area contributed by atoms with Crippen LogP contribution in [0, 0.1) is 0 Å². The standard InChI is InChI=1S/C17H31N3O4/c1-13(19-9-11-23-12-10-19)14(15(21)20-7-5-6-8-20)18-16(22)24-17(2,3)4/h13-14H,5-12H2,1-4H3,(H,18,22)/t13-,14+/m1/s1. The van der Waals surface area contributed by atoms with Crippen LogP contribution in [-0.2, 0) is 14.3 Å². The van der Waals surface area contributed by atoms with Crippen LogP contribution in [0.5, 0.6) is 0 Å². The van der Waals surface area contributed by atoms with Crippen molar-refractivity contribution in [3.8, 4) is 0 Å². The number of likely N-dealkylation sites (tertiary alicyclic amines) is 1. The predicted octanol–water partition coefficient (Wildman–Crippen LogP) is 1.22. The molecule has 2 rings (SSSR count). The summed E-state index contributed by atoms with van der Waals surface area (Å²) in [5.74, 6) is -0.0163. The highest BCUT2D eigenvalue weighted by atomic mass is 16.6. The molecule has 2 amide bonds. The summed E-state index contributed by atoms with van der Waals surface area (Å²) in [6.45, 7) is 11.8. The number of morpholine rings is 1. The average Bonchev–Trinajstić information content (AvgIpc) is 3.05. The first kappa shape index (κ1) is 19.0. The Hall–Kier alpha value is -1.34. The maximum atomic E-state index is 12.9. The van der Waals surface area contributed by atoms with E-state index in [1.807, 2.05) is 32.6 Å². The molecule has 0 aromatic rings. The third-order valence-electron chi connectivity index (χ3n) is 4.46. The minimum absolute atomic E-state index is 0.0163. The van der Waals surface area contributed by atoms with Gasteiger partial charge in [0.05, 0.1) is 13.2 Å². The minimum atomic E-state index is -0.601. The van der Waals surface area contributed by atoms with Crippen molar-refractivity contribution in [2.24, 2.45) is 0 Å². The molecule has 0 aromatic carbocycles. The SMILES string of the molecule is C[C@H]([C@H](NC(=O)OC(C)(C)C)C(=O)N1CCCC1)N1CCOCC1. The molecule has 0 unspecified atom stereocenters. The normalized spacial score (nSPS) is 22.1. The molecule has 24 heavy (non-hydrogen) atoms. The fourth-order valence-corrected chi connectivity index (χ4v) is 3.15. The molecule has 0 aromatic heterocycles. The lowest BCUT2D eigenvalue weighted by Gasteiger charge is -2.38. The Morgan fingerprint density at radius 1 is 1.08 bits per heavy atom. The number of rotatable bonds is 4. The van der Waals surface area contributed by atoms with Gasteiger partial charge in [-0.15, -0.1) is 0 Å². The number of nitrogens with one attached hydrogen (secondary N) is 1. The first-order valence-electron chi connectivity index (χ1n) is 8.88. The second kappa shape index (κ2) is 8.16. The molecule has 2 aliphatic heterocycles. The molecule has 2 fully saturated rings. The predicted molar refractivity (Wildman–Crippen MR) is 90.8 cm³/mol. The summed E-state index contributed by atoms with van der Waals surface area (Å²) in [7, 11) is 0. The van der Waals surface area contributed by atoms with E-state index in [0.29, 0.717) is 13.2 Å². The van der Waals surface area contributed by atoms with Gasteiger partial charge in [-0.1, -0.05) is 0 Å². The number of carbonyl (C=O) groups excluding carboxylic acids is 2. The maximum Gasteiger partial charge on any atom is 0.408 e. The Balaban J connectivity index is 2.07. The lowest BCUT2D eigenvalue weighted by molar-refractivity contribution is -0.134. The molecule has 7 heteroatoms. The lowest BCUT2D eigenvalue weighted by atomic mass is 10.1. The van der Waals surface area contributed by atoms with Crippen LogP contribution in [0.3, 0.4) is 0 Å². The van der Waals surface area contributed by atoms with Gasteiger partial charge in [0.1, 0.15) is 11.6 Å². The van der Waals surface area contributed by atoms with E-state index < -0.39 is 17.7 Å². The van der Waals surface area contributed by atoms with E-state index in [2.05, 4.69) is 10.2 Å². The van der Waals surface area contributed by atoms with Gasteiger partial charge in [0, 0.05) is 32.2 Å². The number of carbonyl (C=O) groups is 2. The second-order valence-corrected chi connectivity index (χ2v) is 7.55. The van der Waals surface area contributed by atoms with Crippen LogP contribution in [0.1, 0.15) is 40.5 Å². The van der Waals surface area contributed by atoms with Crippen LogP contribution in [0.2, 0.25) is 0 Å². The van der Waals surface area contributed by atoms with Gasteiger partial charge in [0.25, 0.3) is 0 Å². The van der Waals surface area contributed by atoms with Gasteiger partial charge in [-0.3, -0.25) is 9.69 Å². The summed E-state index contributed by atoms with van der Waals surface area (Å²) in [6, 6.07) is -0.703. The van der Waals surface area contributed by atoms with Gasteiger partial charge >= 0.3 is 6.09 Å². The zero-order valence-electron chi connectivity index (χ0n) is 15.3. The van der Waals surface area contributed by atoms with Crippen molar-refractivity contribution in [3.63, 3.8) is 0 Å². The van der Waals surface area contributed by atoms with Crippen molar-refractivity contribution in [2.45, 2.75) is 58.2 Å². The molecule has 2 heterocycles. The van der Waals surface area contributed by atoms with E-state index in [9.17, 15) is 9.59 Å². The van der Waals surface area contributed by atoms with Crippen molar-refractivity contribution in [1.82, 2.24) is 15.1 Å². The van der Waals surface area contributed by atoms with E-state index >= 15 is 0 Å². The zero-order chi connectivity index (χ0) is 17.7. The van der Waals surface area contributed by atoms with Crippen LogP contribution in [-0.4, -0.2) is 78.9 Å². The lowest BCUT2D eigenvalue weighted by Crippen LogP contribution is -2.60. The second-order valence-electron chi connectivity index (χ2n) is 7.55. The van der Waals surface area contributed by atoms with Crippen molar-refractivity contribution in [2.75, 3.05) is 39.4 Å². The summed E-state index contributed by atoms with van der Waals surface area (Å²) in [6.07, 6.45) is 1.51. The highest BCUT2D eigenvalue weighted by Gasteiger charge is 2.36. The third-order valence-corrected chi connectivity index (χ3v) is 4.46. The smallest absolute Gasteiger partial charge is 0.408 e. The molecule has 138 valence electrons. The summed E-state index contributed by atoms with van der Waals surface area (Å²) in [5, 5.41) is 2.81. The Kier molecular flexibility index (Phi) is 6.46. The van der Waals surface area contributed by atoms with Crippen molar-refractivity contribution >= 4 is 12.0 Å².